The SMILES string of the molecule is NC(=O)c1cccc(CNCc2ccc(Br)cc2)c1. The van der Waals surface area contributed by atoms with Gasteiger partial charge in [-0.25, -0.2) is 0 Å². The summed E-state index contributed by atoms with van der Waals surface area (Å²) in [6, 6.07) is 15.5. The van der Waals surface area contributed by atoms with Crippen LogP contribution in [0.25, 0.3) is 0 Å². The normalized spacial score (nSPS) is 10.4. The molecule has 2 rings (SSSR count). The topological polar surface area (TPSA) is 55.1 Å². The van der Waals surface area contributed by atoms with Gasteiger partial charge in [0.25, 0.3) is 0 Å². The number of nitrogens with one attached hydrogen (secondary N) is 1. The molecule has 0 bridgehead atoms. The van der Waals surface area contributed by atoms with E-state index in [0.29, 0.717) is 12.1 Å². The van der Waals surface area contributed by atoms with E-state index in [2.05, 4.69) is 33.4 Å². The van der Waals surface area contributed by atoms with Crippen LogP contribution in [0.2, 0.25) is 0 Å². The minimum atomic E-state index is -0.394. The molecule has 0 radical (unpaired) electrons. The molecule has 4 heteroatoms. The molecular formula is C15H15BrN2O. The van der Waals surface area contributed by atoms with Crippen molar-refractivity contribution < 1.29 is 4.79 Å². The van der Waals surface area contributed by atoms with E-state index in [1.807, 2.05) is 30.3 Å². The Morgan fingerprint density at radius 3 is 2.42 bits per heavy atom. The van der Waals surface area contributed by atoms with Crippen LogP contribution in [0.4, 0.5) is 0 Å². The summed E-state index contributed by atoms with van der Waals surface area (Å²) in [4.78, 5) is 11.1. The lowest BCUT2D eigenvalue weighted by atomic mass is 10.1. The molecule has 0 unspecified atom stereocenters. The van der Waals surface area contributed by atoms with Crippen LogP contribution in [0.5, 0.6) is 0 Å². The molecule has 1 amide bonds. The predicted octanol–water partition coefficient (Wildman–Crippen LogP) is 2.84. The Hall–Kier alpha value is -1.65. The van der Waals surface area contributed by atoms with Gasteiger partial charge in [0.2, 0.25) is 5.91 Å². The molecule has 0 aliphatic heterocycles. The quantitative estimate of drug-likeness (QED) is 0.890. The second-order valence-corrected chi connectivity index (χ2v) is 5.21. The third-order valence-corrected chi connectivity index (χ3v) is 3.31. The van der Waals surface area contributed by atoms with Crippen LogP contribution in [0.3, 0.4) is 0 Å². The highest BCUT2D eigenvalue weighted by molar-refractivity contribution is 9.10. The van der Waals surface area contributed by atoms with Gasteiger partial charge in [-0.1, -0.05) is 40.2 Å². The highest BCUT2D eigenvalue weighted by Crippen LogP contribution is 2.10. The lowest BCUT2D eigenvalue weighted by Gasteiger charge is -2.06. The fraction of sp³-hybridized carbons (Fsp3) is 0.133. The van der Waals surface area contributed by atoms with Crippen LogP contribution in [0.15, 0.2) is 53.0 Å². The number of carbonyl (C=O) groups excluding carboxylic acids is 1. The van der Waals surface area contributed by atoms with Gasteiger partial charge in [-0.15, -0.1) is 0 Å². The number of benzene rings is 2. The average Bonchev–Trinajstić information content (AvgIpc) is 2.41. The molecule has 0 spiro atoms. The molecule has 0 aliphatic carbocycles. The first-order valence-electron chi connectivity index (χ1n) is 5.99. The average molecular weight is 319 g/mol. The van der Waals surface area contributed by atoms with Gasteiger partial charge in [-0.2, -0.15) is 0 Å². The molecule has 0 aliphatic rings. The lowest BCUT2D eigenvalue weighted by Crippen LogP contribution is -2.14. The maximum atomic E-state index is 11.1. The standard InChI is InChI=1S/C15H15BrN2O/c16-14-6-4-11(5-7-14)9-18-10-12-2-1-3-13(8-12)15(17)19/h1-8,18H,9-10H2,(H2,17,19). The van der Waals surface area contributed by atoms with Crippen LogP contribution >= 0.6 is 15.9 Å². The van der Waals surface area contributed by atoms with Crippen molar-refractivity contribution >= 4 is 21.8 Å². The number of hydrogen-bond donors (Lipinski definition) is 2. The molecule has 3 nitrogen and oxygen atoms in total. The number of carbonyl (C=O) groups is 1. The van der Waals surface area contributed by atoms with Crippen molar-refractivity contribution in [3.8, 4) is 0 Å². The Kier molecular flexibility index (Phi) is 4.71. The van der Waals surface area contributed by atoms with Crippen molar-refractivity contribution in [2.24, 2.45) is 5.73 Å². The van der Waals surface area contributed by atoms with Crippen LogP contribution < -0.4 is 11.1 Å². The second-order valence-electron chi connectivity index (χ2n) is 4.29. The van der Waals surface area contributed by atoms with E-state index in [9.17, 15) is 4.79 Å². The van der Waals surface area contributed by atoms with Crippen LogP contribution in [0, 0.1) is 0 Å². The smallest absolute Gasteiger partial charge is 0.248 e. The van der Waals surface area contributed by atoms with Gasteiger partial charge in [0, 0.05) is 23.1 Å². The van der Waals surface area contributed by atoms with Crippen molar-refractivity contribution in [2.75, 3.05) is 0 Å². The fourth-order valence-corrected chi connectivity index (χ4v) is 2.05. The molecular weight excluding hydrogens is 304 g/mol. The maximum Gasteiger partial charge on any atom is 0.248 e. The third-order valence-electron chi connectivity index (χ3n) is 2.78. The summed E-state index contributed by atoms with van der Waals surface area (Å²) in [5, 5.41) is 3.34. The minimum Gasteiger partial charge on any atom is -0.366 e. The molecule has 0 atom stereocenters. The van der Waals surface area contributed by atoms with Crippen molar-refractivity contribution in [2.45, 2.75) is 13.1 Å². The highest BCUT2D eigenvalue weighted by Gasteiger charge is 2.01. The summed E-state index contributed by atoms with van der Waals surface area (Å²) in [7, 11) is 0. The molecule has 3 N–H and O–H groups in total. The predicted molar refractivity (Wildman–Crippen MR) is 79.6 cm³/mol. The molecule has 0 fully saturated rings. The van der Waals surface area contributed by atoms with E-state index in [-0.39, 0.29) is 0 Å². The van der Waals surface area contributed by atoms with Crippen molar-refractivity contribution in [3.63, 3.8) is 0 Å². The molecule has 98 valence electrons. The highest BCUT2D eigenvalue weighted by atomic mass is 79.9. The molecule has 0 aromatic heterocycles. The number of halogens is 1. The molecule has 19 heavy (non-hydrogen) atoms. The number of amides is 1. The first-order chi connectivity index (χ1) is 9.15. The number of primary amides is 1. The van der Waals surface area contributed by atoms with Gasteiger partial charge in [-0.05, 0) is 35.4 Å². The Balaban J connectivity index is 1.90. The third kappa shape index (κ3) is 4.19. The van der Waals surface area contributed by atoms with E-state index in [1.165, 1.54) is 5.56 Å². The van der Waals surface area contributed by atoms with Gasteiger partial charge in [-0.3, -0.25) is 4.79 Å². The number of nitrogens with two attached hydrogens (primary N) is 1. The molecule has 0 saturated carbocycles. The molecule has 2 aromatic carbocycles. The Labute approximate surface area is 121 Å². The summed E-state index contributed by atoms with van der Waals surface area (Å²) in [5.74, 6) is -0.394. The van der Waals surface area contributed by atoms with E-state index in [4.69, 9.17) is 5.73 Å². The summed E-state index contributed by atoms with van der Waals surface area (Å²) >= 11 is 3.41. The zero-order chi connectivity index (χ0) is 13.7. The van der Waals surface area contributed by atoms with E-state index >= 15 is 0 Å². The Morgan fingerprint density at radius 2 is 1.74 bits per heavy atom. The summed E-state index contributed by atoms with van der Waals surface area (Å²) in [6.07, 6.45) is 0. The largest absolute Gasteiger partial charge is 0.366 e. The van der Waals surface area contributed by atoms with Crippen molar-refractivity contribution in [1.29, 1.82) is 0 Å². The van der Waals surface area contributed by atoms with E-state index in [0.717, 1.165) is 16.6 Å². The van der Waals surface area contributed by atoms with Gasteiger partial charge >= 0.3 is 0 Å². The van der Waals surface area contributed by atoms with Gasteiger partial charge in [0.15, 0.2) is 0 Å². The van der Waals surface area contributed by atoms with E-state index in [1.54, 1.807) is 6.07 Å². The summed E-state index contributed by atoms with van der Waals surface area (Å²) < 4.78 is 1.07. The Morgan fingerprint density at radius 1 is 1.05 bits per heavy atom. The molecule has 0 saturated heterocycles. The molecule has 0 heterocycles. The summed E-state index contributed by atoms with van der Waals surface area (Å²) in [5.41, 5.74) is 8.06. The zero-order valence-electron chi connectivity index (χ0n) is 10.4. The lowest BCUT2D eigenvalue weighted by molar-refractivity contribution is 0.1000. The molecule has 2 aromatic rings. The zero-order valence-corrected chi connectivity index (χ0v) is 12.0. The number of hydrogen-bond acceptors (Lipinski definition) is 2. The maximum absolute atomic E-state index is 11.1. The first-order valence-corrected chi connectivity index (χ1v) is 6.78. The second kappa shape index (κ2) is 6.50. The Bertz CT molecular complexity index is 567. The van der Waals surface area contributed by atoms with Crippen LogP contribution in [-0.4, -0.2) is 5.91 Å². The minimum absolute atomic E-state index is 0.394. The first kappa shape index (κ1) is 13.8. The summed E-state index contributed by atoms with van der Waals surface area (Å²) in [6.45, 7) is 1.49. The van der Waals surface area contributed by atoms with Gasteiger partial charge < -0.3 is 11.1 Å². The van der Waals surface area contributed by atoms with Crippen molar-refractivity contribution in [3.05, 3.63) is 69.7 Å². The van der Waals surface area contributed by atoms with E-state index < -0.39 is 5.91 Å². The van der Waals surface area contributed by atoms with Crippen LogP contribution in [-0.2, 0) is 13.1 Å². The fourth-order valence-electron chi connectivity index (χ4n) is 1.79. The van der Waals surface area contributed by atoms with Crippen molar-refractivity contribution in [1.82, 2.24) is 5.32 Å². The number of rotatable bonds is 5. The van der Waals surface area contributed by atoms with Gasteiger partial charge in [0.05, 0.1) is 0 Å². The van der Waals surface area contributed by atoms with Crippen LogP contribution in [0.1, 0.15) is 21.5 Å². The monoisotopic (exact) mass is 318 g/mol. The van der Waals surface area contributed by atoms with Gasteiger partial charge in [0.1, 0.15) is 0 Å².